The quantitative estimate of drug-likeness (QED) is 0.432. The second-order valence-corrected chi connectivity index (χ2v) is 10.0. The van der Waals surface area contributed by atoms with Gasteiger partial charge in [0.2, 0.25) is 4.73 Å². The number of carboxylic acids is 1. The van der Waals surface area contributed by atoms with Crippen LogP contribution >= 0.6 is 27.7 Å². The number of halogens is 1. The van der Waals surface area contributed by atoms with Crippen LogP contribution in [0.5, 0.6) is 0 Å². The normalized spacial score (nSPS) is 12.8. The van der Waals surface area contributed by atoms with Crippen molar-refractivity contribution in [2.24, 2.45) is 5.92 Å². The molecule has 8 heteroatoms. The fraction of sp³-hybridized carbons (Fsp3) is 0.364. The number of hydrogen-bond acceptors (Lipinski definition) is 5. The van der Waals surface area contributed by atoms with Gasteiger partial charge in [0.15, 0.2) is 5.16 Å². The lowest BCUT2D eigenvalue weighted by Crippen LogP contribution is -2.31. The van der Waals surface area contributed by atoms with E-state index in [1.54, 1.807) is 20.8 Å². The molecule has 1 atom stereocenters. The van der Waals surface area contributed by atoms with Crippen molar-refractivity contribution >= 4 is 50.2 Å². The average molecular weight is 490 g/mol. The minimum absolute atomic E-state index is 0.0290. The summed E-state index contributed by atoms with van der Waals surface area (Å²) in [4.78, 5) is 23.9. The Morgan fingerprint density at radius 3 is 2.47 bits per heavy atom. The molecule has 0 bridgehead atoms. The van der Waals surface area contributed by atoms with E-state index in [-0.39, 0.29) is 12.2 Å². The molecule has 6 nitrogen and oxygen atoms in total. The molecule has 30 heavy (non-hydrogen) atoms. The molecule has 0 aliphatic rings. The number of benzene rings is 2. The smallest absolute Gasteiger partial charge is 0.306 e. The van der Waals surface area contributed by atoms with Crippen molar-refractivity contribution in [2.75, 3.05) is 0 Å². The molecule has 0 saturated heterocycles. The van der Waals surface area contributed by atoms with Gasteiger partial charge >= 0.3 is 5.97 Å². The summed E-state index contributed by atoms with van der Waals surface area (Å²) in [5.41, 5.74) is 2.18. The average Bonchev–Trinajstić information content (AvgIpc) is 3.06. The highest BCUT2D eigenvalue weighted by molar-refractivity contribution is 9.10. The number of aliphatic carboxylic acids is 1. The first-order valence-electron chi connectivity index (χ1n) is 9.72. The molecular weight excluding hydrogens is 466 g/mol. The van der Waals surface area contributed by atoms with E-state index in [0.29, 0.717) is 9.89 Å². The lowest BCUT2D eigenvalue weighted by atomic mass is 9.97. The van der Waals surface area contributed by atoms with Crippen LogP contribution in [-0.2, 0) is 16.0 Å². The van der Waals surface area contributed by atoms with Gasteiger partial charge < -0.3 is 5.11 Å². The van der Waals surface area contributed by atoms with Gasteiger partial charge in [-0.3, -0.25) is 14.2 Å². The predicted molar refractivity (Wildman–Crippen MR) is 122 cm³/mol. The standard InChI is InChI=1S/C22H24BrN3O3S/c1-5-14-10-11-17(16-9-7-6-8-15(14)16)26-20(23)24-25-21(26)30-22(3,4)18(27)12-13(2)19(28)29/h6-11,13H,5,12H2,1-4H3,(H,28,29). The topological polar surface area (TPSA) is 85.1 Å². The van der Waals surface area contributed by atoms with Crippen molar-refractivity contribution in [1.82, 2.24) is 14.8 Å². The zero-order valence-electron chi connectivity index (χ0n) is 17.3. The fourth-order valence-corrected chi connectivity index (χ4v) is 4.83. The van der Waals surface area contributed by atoms with E-state index < -0.39 is 16.6 Å². The molecule has 0 aliphatic heterocycles. The Bertz CT molecular complexity index is 1110. The third-order valence-corrected chi connectivity index (χ3v) is 6.84. The van der Waals surface area contributed by atoms with Crippen LogP contribution < -0.4 is 0 Å². The first-order valence-corrected chi connectivity index (χ1v) is 11.3. The summed E-state index contributed by atoms with van der Waals surface area (Å²) in [5.74, 6) is -1.84. The Hall–Kier alpha value is -2.19. The number of carbonyl (C=O) groups is 2. The van der Waals surface area contributed by atoms with Crippen molar-refractivity contribution in [3.05, 3.63) is 46.7 Å². The van der Waals surface area contributed by atoms with Crippen LogP contribution in [-0.4, -0.2) is 36.4 Å². The van der Waals surface area contributed by atoms with Crippen LogP contribution in [0.25, 0.3) is 16.5 Å². The third kappa shape index (κ3) is 4.44. The molecule has 3 aromatic rings. The molecule has 0 amide bonds. The zero-order chi connectivity index (χ0) is 22.1. The molecule has 0 spiro atoms. The molecule has 0 radical (unpaired) electrons. The molecule has 1 heterocycles. The van der Waals surface area contributed by atoms with E-state index in [2.05, 4.69) is 51.3 Å². The van der Waals surface area contributed by atoms with Gasteiger partial charge in [-0.1, -0.05) is 55.9 Å². The van der Waals surface area contributed by atoms with E-state index in [4.69, 9.17) is 5.11 Å². The molecule has 1 N–H and O–H groups in total. The number of rotatable bonds is 8. The lowest BCUT2D eigenvalue weighted by molar-refractivity contribution is -0.143. The first kappa shape index (κ1) is 22.5. The molecule has 0 fully saturated rings. The summed E-state index contributed by atoms with van der Waals surface area (Å²) in [5, 5.41) is 20.4. The summed E-state index contributed by atoms with van der Waals surface area (Å²) in [6.07, 6.45) is 0.897. The molecule has 0 saturated carbocycles. The van der Waals surface area contributed by atoms with Crippen LogP contribution in [0.3, 0.4) is 0 Å². The van der Waals surface area contributed by atoms with Gasteiger partial charge in [-0.2, -0.15) is 0 Å². The van der Waals surface area contributed by atoms with Crippen LogP contribution in [0, 0.1) is 5.92 Å². The number of hydrogen-bond donors (Lipinski definition) is 1. The summed E-state index contributed by atoms with van der Waals surface area (Å²) >= 11 is 4.78. The summed E-state index contributed by atoms with van der Waals surface area (Å²) in [6, 6.07) is 12.3. The number of carbonyl (C=O) groups excluding carboxylic acids is 1. The number of thioether (sulfide) groups is 1. The Morgan fingerprint density at radius 1 is 1.17 bits per heavy atom. The third-order valence-electron chi connectivity index (χ3n) is 5.14. The highest BCUT2D eigenvalue weighted by Gasteiger charge is 2.33. The van der Waals surface area contributed by atoms with Crippen LogP contribution in [0.2, 0.25) is 0 Å². The zero-order valence-corrected chi connectivity index (χ0v) is 19.7. The lowest BCUT2D eigenvalue weighted by Gasteiger charge is -2.23. The molecule has 3 rings (SSSR count). The molecule has 1 unspecified atom stereocenters. The first-order chi connectivity index (χ1) is 14.2. The number of aromatic nitrogens is 3. The number of aryl methyl sites for hydroxylation is 1. The number of Topliss-reactive ketones (excluding diaryl/α,β-unsaturated/α-hetero) is 1. The Morgan fingerprint density at radius 2 is 1.83 bits per heavy atom. The predicted octanol–water partition coefficient (Wildman–Crippen LogP) is 5.30. The molecular formula is C22H24BrN3O3S. The monoisotopic (exact) mass is 489 g/mol. The van der Waals surface area contributed by atoms with Gasteiger partial charge in [-0.15, -0.1) is 10.2 Å². The fourth-order valence-electron chi connectivity index (χ4n) is 3.27. The van der Waals surface area contributed by atoms with Gasteiger partial charge in [0.25, 0.3) is 0 Å². The maximum atomic E-state index is 12.8. The largest absolute Gasteiger partial charge is 0.481 e. The van der Waals surface area contributed by atoms with Gasteiger partial charge in [-0.05, 0) is 53.2 Å². The minimum Gasteiger partial charge on any atom is -0.481 e. The maximum absolute atomic E-state index is 12.8. The maximum Gasteiger partial charge on any atom is 0.306 e. The van der Waals surface area contributed by atoms with Gasteiger partial charge in [0.05, 0.1) is 16.4 Å². The molecule has 158 valence electrons. The van der Waals surface area contributed by atoms with Crippen LogP contribution in [0.4, 0.5) is 0 Å². The number of ketones is 1. The van der Waals surface area contributed by atoms with E-state index in [0.717, 1.165) is 17.5 Å². The number of nitrogens with zero attached hydrogens (tertiary/aromatic N) is 3. The Kier molecular flexibility index (Phi) is 6.67. The second-order valence-electron chi connectivity index (χ2n) is 7.71. The summed E-state index contributed by atoms with van der Waals surface area (Å²) in [6.45, 7) is 7.25. The van der Waals surface area contributed by atoms with E-state index in [9.17, 15) is 9.59 Å². The van der Waals surface area contributed by atoms with Gasteiger partial charge in [0.1, 0.15) is 5.78 Å². The molecule has 2 aromatic carbocycles. The second kappa shape index (κ2) is 8.89. The number of carboxylic acid groups (broad SMARTS) is 1. The van der Waals surface area contributed by atoms with Crippen LogP contribution in [0.15, 0.2) is 46.3 Å². The van der Waals surface area contributed by atoms with Gasteiger partial charge in [-0.25, -0.2) is 0 Å². The number of fused-ring (bicyclic) bond motifs is 1. The molecule has 0 aliphatic carbocycles. The van der Waals surface area contributed by atoms with Gasteiger partial charge in [0, 0.05) is 11.8 Å². The van der Waals surface area contributed by atoms with Crippen LogP contribution in [0.1, 0.15) is 39.7 Å². The van der Waals surface area contributed by atoms with Crippen molar-refractivity contribution in [3.8, 4) is 5.69 Å². The van der Waals surface area contributed by atoms with E-state index in [1.165, 1.54) is 22.7 Å². The van der Waals surface area contributed by atoms with Crippen molar-refractivity contribution in [3.63, 3.8) is 0 Å². The summed E-state index contributed by atoms with van der Waals surface area (Å²) < 4.78 is 1.58. The van der Waals surface area contributed by atoms with E-state index >= 15 is 0 Å². The van der Waals surface area contributed by atoms with Crippen molar-refractivity contribution in [2.45, 2.75) is 50.4 Å². The van der Waals surface area contributed by atoms with E-state index in [1.807, 2.05) is 22.8 Å². The van der Waals surface area contributed by atoms with Crippen molar-refractivity contribution < 1.29 is 14.7 Å². The van der Waals surface area contributed by atoms with Crippen molar-refractivity contribution in [1.29, 1.82) is 0 Å². The SMILES string of the molecule is CCc1ccc(-n2c(Br)nnc2SC(C)(C)C(=O)CC(C)C(=O)O)c2ccccc12. The molecule has 1 aromatic heterocycles. The minimum atomic E-state index is -0.974. The Labute approximate surface area is 188 Å². The summed E-state index contributed by atoms with van der Waals surface area (Å²) in [7, 11) is 0. The highest BCUT2D eigenvalue weighted by Crippen LogP contribution is 2.38. The Balaban J connectivity index is 2.02. The highest BCUT2D eigenvalue weighted by atomic mass is 79.9.